The summed E-state index contributed by atoms with van der Waals surface area (Å²) in [6, 6.07) is 19.1. The second kappa shape index (κ2) is 7.11. The maximum Gasteiger partial charge on any atom is 0.229 e. The van der Waals surface area contributed by atoms with Gasteiger partial charge < -0.3 is 10.6 Å². The van der Waals surface area contributed by atoms with Crippen LogP contribution >= 0.6 is 15.9 Å². The van der Waals surface area contributed by atoms with E-state index in [1.54, 1.807) is 6.07 Å². The zero-order valence-corrected chi connectivity index (χ0v) is 14.5. The van der Waals surface area contributed by atoms with Gasteiger partial charge in [-0.05, 0) is 43.3 Å². The van der Waals surface area contributed by atoms with E-state index in [0.717, 1.165) is 15.9 Å². The summed E-state index contributed by atoms with van der Waals surface area (Å²) in [6.07, 6.45) is 0. The Labute approximate surface area is 148 Å². The monoisotopic (exact) mass is 379 g/mol. The number of aryl methyl sites for hydroxylation is 1. The van der Waals surface area contributed by atoms with Crippen molar-refractivity contribution in [1.29, 1.82) is 5.26 Å². The fourth-order valence-corrected chi connectivity index (χ4v) is 2.44. The molecule has 0 bridgehead atoms. The molecule has 3 aromatic rings. The third kappa shape index (κ3) is 3.89. The Morgan fingerprint density at radius 2 is 1.75 bits per heavy atom. The van der Waals surface area contributed by atoms with Crippen LogP contribution in [-0.2, 0) is 0 Å². The number of nitrogens with zero attached hydrogens (tertiary/aromatic N) is 3. The molecule has 0 saturated heterocycles. The van der Waals surface area contributed by atoms with E-state index in [0.29, 0.717) is 23.0 Å². The molecule has 0 aliphatic carbocycles. The minimum Gasteiger partial charge on any atom is -0.340 e. The third-order valence-electron chi connectivity index (χ3n) is 3.26. The van der Waals surface area contributed by atoms with Gasteiger partial charge >= 0.3 is 0 Å². The Hall–Kier alpha value is -2.91. The highest BCUT2D eigenvalue weighted by Gasteiger charge is 2.06. The Morgan fingerprint density at radius 1 is 1.00 bits per heavy atom. The van der Waals surface area contributed by atoms with E-state index in [1.807, 2.05) is 55.5 Å². The highest BCUT2D eigenvalue weighted by molar-refractivity contribution is 9.10. The zero-order chi connectivity index (χ0) is 16.9. The van der Waals surface area contributed by atoms with Crippen molar-refractivity contribution in [3.63, 3.8) is 0 Å². The standard InChI is InChI=1S/C18H14BrN5/c1-12-10-17(22-15-8-6-14(19)7-9-15)24-18(21-12)23-16-5-3-2-4-13(16)11-20/h2-10H,1H3,(H2,21,22,23,24). The van der Waals surface area contributed by atoms with E-state index in [4.69, 9.17) is 0 Å². The van der Waals surface area contributed by atoms with E-state index in [1.165, 1.54) is 0 Å². The summed E-state index contributed by atoms with van der Waals surface area (Å²) in [6.45, 7) is 1.90. The molecule has 3 rings (SSSR count). The fraction of sp³-hybridized carbons (Fsp3) is 0.0556. The van der Waals surface area contributed by atoms with Crippen LogP contribution in [-0.4, -0.2) is 9.97 Å². The van der Waals surface area contributed by atoms with Gasteiger partial charge in [-0.15, -0.1) is 0 Å². The lowest BCUT2D eigenvalue weighted by Gasteiger charge is -2.11. The number of anilines is 4. The topological polar surface area (TPSA) is 73.6 Å². The lowest BCUT2D eigenvalue weighted by atomic mass is 10.2. The van der Waals surface area contributed by atoms with Gasteiger partial charge in [-0.3, -0.25) is 0 Å². The molecule has 5 nitrogen and oxygen atoms in total. The van der Waals surface area contributed by atoms with Crippen LogP contribution in [0.4, 0.5) is 23.1 Å². The Morgan fingerprint density at radius 3 is 2.50 bits per heavy atom. The molecule has 0 unspecified atom stereocenters. The van der Waals surface area contributed by atoms with E-state index in [-0.39, 0.29) is 0 Å². The SMILES string of the molecule is Cc1cc(Nc2ccc(Br)cc2)nc(Nc2ccccc2C#N)n1. The van der Waals surface area contributed by atoms with Crippen molar-refractivity contribution in [1.82, 2.24) is 9.97 Å². The summed E-state index contributed by atoms with van der Waals surface area (Å²) in [5.41, 5.74) is 2.98. The third-order valence-corrected chi connectivity index (χ3v) is 3.79. The van der Waals surface area contributed by atoms with Crippen LogP contribution in [0.5, 0.6) is 0 Å². The average Bonchev–Trinajstić information content (AvgIpc) is 2.57. The summed E-state index contributed by atoms with van der Waals surface area (Å²) in [4.78, 5) is 8.85. The van der Waals surface area contributed by atoms with Gasteiger partial charge in [0.25, 0.3) is 0 Å². The number of nitriles is 1. The smallest absolute Gasteiger partial charge is 0.229 e. The van der Waals surface area contributed by atoms with Gasteiger partial charge in [-0.2, -0.15) is 10.2 Å². The summed E-state index contributed by atoms with van der Waals surface area (Å²) >= 11 is 3.41. The maximum absolute atomic E-state index is 9.18. The number of halogens is 1. The fourth-order valence-electron chi connectivity index (χ4n) is 2.18. The number of nitrogens with one attached hydrogen (secondary N) is 2. The molecule has 1 heterocycles. The predicted octanol–water partition coefficient (Wildman–Crippen LogP) is 4.91. The molecule has 118 valence electrons. The first kappa shape index (κ1) is 16.0. The normalized spacial score (nSPS) is 10.0. The first-order chi connectivity index (χ1) is 11.6. The minimum absolute atomic E-state index is 0.442. The number of hydrogen-bond donors (Lipinski definition) is 2. The zero-order valence-electron chi connectivity index (χ0n) is 12.9. The van der Waals surface area contributed by atoms with Gasteiger partial charge in [0.15, 0.2) is 0 Å². The van der Waals surface area contributed by atoms with Gasteiger partial charge in [0, 0.05) is 21.9 Å². The lowest BCUT2D eigenvalue weighted by molar-refractivity contribution is 1.11. The predicted molar refractivity (Wildman–Crippen MR) is 98.6 cm³/mol. The van der Waals surface area contributed by atoms with Crippen LogP contribution in [0.25, 0.3) is 0 Å². The number of aromatic nitrogens is 2. The molecular weight excluding hydrogens is 366 g/mol. The minimum atomic E-state index is 0.442. The lowest BCUT2D eigenvalue weighted by Crippen LogP contribution is -2.03. The highest BCUT2D eigenvalue weighted by Crippen LogP contribution is 2.22. The van der Waals surface area contributed by atoms with E-state index in [2.05, 4.69) is 42.6 Å². The van der Waals surface area contributed by atoms with E-state index >= 15 is 0 Å². The quantitative estimate of drug-likeness (QED) is 0.673. The molecule has 1 aromatic heterocycles. The largest absolute Gasteiger partial charge is 0.340 e. The van der Waals surface area contributed by atoms with Crippen molar-refractivity contribution in [3.05, 3.63) is 70.3 Å². The van der Waals surface area contributed by atoms with Crippen LogP contribution in [0.3, 0.4) is 0 Å². The average molecular weight is 380 g/mol. The number of benzene rings is 2. The second-order valence-electron chi connectivity index (χ2n) is 5.13. The molecule has 2 aromatic carbocycles. The first-order valence-electron chi connectivity index (χ1n) is 7.28. The molecule has 0 amide bonds. The number of hydrogen-bond acceptors (Lipinski definition) is 5. The molecule has 0 aliphatic heterocycles. The molecule has 0 aliphatic rings. The molecule has 0 atom stereocenters. The summed E-state index contributed by atoms with van der Waals surface area (Å²) < 4.78 is 1.02. The summed E-state index contributed by atoms with van der Waals surface area (Å²) in [5, 5.41) is 15.5. The van der Waals surface area contributed by atoms with E-state index in [9.17, 15) is 5.26 Å². The van der Waals surface area contributed by atoms with Crippen LogP contribution in [0, 0.1) is 18.3 Å². The Bertz CT molecular complexity index is 900. The molecular formula is C18H14BrN5. The molecule has 0 fully saturated rings. The summed E-state index contributed by atoms with van der Waals surface area (Å²) in [5.74, 6) is 1.12. The van der Waals surface area contributed by atoms with Crippen LogP contribution in [0.2, 0.25) is 0 Å². The van der Waals surface area contributed by atoms with Crippen molar-refractivity contribution >= 4 is 39.1 Å². The molecule has 0 saturated carbocycles. The van der Waals surface area contributed by atoms with Crippen molar-refractivity contribution in [2.45, 2.75) is 6.92 Å². The van der Waals surface area contributed by atoms with Crippen molar-refractivity contribution in [2.24, 2.45) is 0 Å². The van der Waals surface area contributed by atoms with Crippen LogP contribution < -0.4 is 10.6 Å². The van der Waals surface area contributed by atoms with Crippen molar-refractivity contribution < 1.29 is 0 Å². The van der Waals surface area contributed by atoms with Gasteiger partial charge in [0.05, 0.1) is 11.3 Å². The number of para-hydroxylation sites is 1. The van der Waals surface area contributed by atoms with Crippen LogP contribution in [0.15, 0.2) is 59.1 Å². The Kier molecular flexibility index (Phi) is 4.73. The van der Waals surface area contributed by atoms with Gasteiger partial charge in [0.2, 0.25) is 5.95 Å². The van der Waals surface area contributed by atoms with Crippen LogP contribution in [0.1, 0.15) is 11.3 Å². The van der Waals surface area contributed by atoms with Gasteiger partial charge in [-0.25, -0.2) is 4.98 Å². The van der Waals surface area contributed by atoms with Gasteiger partial charge in [0.1, 0.15) is 11.9 Å². The molecule has 2 N–H and O–H groups in total. The molecule has 0 radical (unpaired) electrons. The molecule has 0 spiro atoms. The maximum atomic E-state index is 9.18. The highest BCUT2D eigenvalue weighted by atomic mass is 79.9. The van der Waals surface area contributed by atoms with Gasteiger partial charge in [-0.1, -0.05) is 28.1 Å². The first-order valence-corrected chi connectivity index (χ1v) is 8.08. The van der Waals surface area contributed by atoms with Crippen molar-refractivity contribution in [2.75, 3.05) is 10.6 Å². The number of rotatable bonds is 4. The molecule has 6 heteroatoms. The van der Waals surface area contributed by atoms with Crippen molar-refractivity contribution in [3.8, 4) is 6.07 Å². The Balaban J connectivity index is 1.86. The molecule has 24 heavy (non-hydrogen) atoms. The second-order valence-corrected chi connectivity index (χ2v) is 6.05. The van der Waals surface area contributed by atoms with E-state index < -0.39 is 0 Å². The summed E-state index contributed by atoms with van der Waals surface area (Å²) in [7, 11) is 0.